The molecule has 0 aliphatic rings. The van der Waals surface area contributed by atoms with Gasteiger partial charge in [-0.25, -0.2) is 4.98 Å². The number of hydrogen-bond acceptors (Lipinski definition) is 3. The van der Waals surface area contributed by atoms with Crippen LogP contribution in [0.25, 0.3) is 10.6 Å². The van der Waals surface area contributed by atoms with Gasteiger partial charge in [0, 0.05) is 5.56 Å². The first-order chi connectivity index (χ1) is 7.72. The maximum atomic E-state index is 9.57. The fourth-order valence-electron chi connectivity index (χ4n) is 1.42. The number of hydrogen-bond donors (Lipinski definition) is 1. The number of aromatic nitrogens is 1. The molecule has 1 atom stereocenters. The van der Waals surface area contributed by atoms with Gasteiger partial charge in [0.15, 0.2) is 0 Å². The van der Waals surface area contributed by atoms with Crippen LogP contribution in [-0.4, -0.2) is 10.1 Å². The number of benzene rings is 1. The van der Waals surface area contributed by atoms with Crippen LogP contribution < -0.4 is 0 Å². The molecule has 2 aromatic rings. The Kier molecular flexibility index (Phi) is 3.04. The summed E-state index contributed by atoms with van der Waals surface area (Å²) in [5, 5.41) is 10.4. The van der Waals surface area contributed by atoms with Crippen molar-refractivity contribution in [3.05, 3.63) is 40.9 Å². The van der Waals surface area contributed by atoms with Crippen molar-refractivity contribution in [3.8, 4) is 22.9 Å². The van der Waals surface area contributed by atoms with Gasteiger partial charge in [-0.15, -0.1) is 17.8 Å². The van der Waals surface area contributed by atoms with Gasteiger partial charge in [0.1, 0.15) is 10.7 Å². The van der Waals surface area contributed by atoms with Crippen molar-refractivity contribution < 1.29 is 5.11 Å². The Morgan fingerprint density at radius 2 is 2.06 bits per heavy atom. The first-order valence-corrected chi connectivity index (χ1v) is 5.75. The Morgan fingerprint density at radius 3 is 2.56 bits per heavy atom. The molecule has 1 heterocycles. The third-order valence-electron chi connectivity index (χ3n) is 2.19. The average molecular weight is 229 g/mol. The molecule has 2 nitrogen and oxygen atoms in total. The molecule has 0 fully saturated rings. The van der Waals surface area contributed by atoms with Crippen molar-refractivity contribution in [2.45, 2.75) is 13.0 Å². The van der Waals surface area contributed by atoms with Crippen molar-refractivity contribution in [2.75, 3.05) is 0 Å². The van der Waals surface area contributed by atoms with Crippen molar-refractivity contribution in [1.29, 1.82) is 0 Å². The first-order valence-electron chi connectivity index (χ1n) is 4.93. The fourth-order valence-corrected chi connectivity index (χ4v) is 2.39. The Hall–Kier alpha value is -1.63. The molecule has 0 saturated heterocycles. The molecular formula is C13H11NOS. The third-order valence-corrected chi connectivity index (χ3v) is 3.46. The topological polar surface area (TPSA) is 33.1 Å². The molecule has 0 aliphatic carbocycles. The molecule has 0 bridgehead atoms. The summed E-state index contributed by atoms with van der Waals surface area (Å²) in [6.45, 7) is 1.70. The van der Waals surface area contributed by atoms with Gasteiger partial charge in [-0.1, -0.05) is 30.3 Å². The van der Waals surface area contributed by atoms with E-state index in [2.05, 4.69) is 10.9 Å². The number of nitrogens with zero attached hydrogens (tertiary/aromatic N) is 1. The maximum absolute atomic E-state index is 9.57. The third kappa shape index (κ3) is 1.99. The van der Waals surface area contributed by atoms with Gasteiger partial charge < -0.3 is 5.11 Å². The van der Waals surface area contributed by atoms with Gasteiger partial charge >= 0.3 is 0 Å². The minimum Gasteiger partial charge on any atom is -0.388 e. The standard InChI is InChI=1S/C13H11NOS/c1-3-11-12(9(2)15)16-13(14-11)10-7-5-4-6-8-10/h1,4-9,15H,2H3. The summed E-state index contributed by atoms with van der Waals surface area (Å²) in [7, 11) is 0. The number of terminal acetylenes is 1. The number of aliphatic hydroxyl groups is 1. The second kappa shape index (κ2) is 4.48. The highest BCUT2D eigenvalue weighted by atomic mass is 32.1. The first kappa shape index (κ1) is 10.9. The molecule has 1 aromatic carbocycles. The smallest absolute Gasteiger partial charge is 0.130 e. The van der Waals surface area contributed by atoms with Gasteiger partial charge in [-0.05, 0) is 12.8 Å². The molecule has 3 heteroatoms. The predicted molar refractivity (Wildman–Crippen MR) is 66.1 cm³/mol. The van der Waals surface area contributed by atoms with E-state index >= 15 is 0 Å². The van der Waals surface area contributed by atoms with Crippen molar-refractivity contribution >= 4 is 11.3 Å². The van der Waals surface area contributed by atoms with Gasteiger partial charge in [0.05, 0.1) is 11.0 Å². The van der Waals surface area contributed by atoms with Crippen LogP contribution in [0.3, 0.4) is 0 Å². The Balaban J connectivity index is 2.49. The molecule has 1 N–H and O–H groups in total. The number of thiazole rings is 1. The summed E-state index contributed by atoms with van der Waals surface area (Å²) < 4.78 is 0. The zero-order chi connectivity index (χ0) is 11.5. The van der Waals surface area contributed by atoms with Crippen LogP contribution in [0.5, 0.6) is 0 Å². The van der Waals surface area contributed by atoms with Crippen LogP contribution in [0.1, 0.15) is 23.6 Å². The van der Waals surface area contributed by atoms with Gasteiger partial charge in [-0.3, -0.25) is 0 Å². The average Bonchev–Trinajstić information content (AvgIpc) is 2.74. The zero-order valence-corrected chi connectivity index (χ0v) is 9.66. The molecule has 0 saturated carbocycles. The van der Waals surface area contributed by atoms with Crippen LogP contribution in [0.15, 0.2) is 30.3 Å². The van der Waals surface area contributed by atoms with E-state index in [0.717, 1.165) is 15.4 Å². The number of aliphatic hydroxyl groups excluding tert-OH is 1. The van der Waals surface area contributed by atoms with Crippen LogP contribution in [-0.2, 0) is 0 Å². The number of rotatable bonds is 2. The minimum atomic E-state index is -0.569. The largest absolute Gasteiger partial charge is 0.388 e. The van der Waals surface area contributed by atoms with E-state index in [9.17, 15) is 5.11 Å². The lowest BCUT2D eigenvalue weighted by Crippen LogP contribution is -1.89. The van der Waals surface area contributed by atoms with E-state index in [4.69, 9.17) is 6.42 Å². The van der Waals surface area contributed by atoms with E-state index in [-0.39, 0.29) is 0 Å². The molecule has 0 amide bonds. The van der Waals surface area contributed by atoms with Crippen molar-refractivity contribution in [1.82, 2.24) is 4.98 Å². The predicted octanol–water partition coefficient (Wildman–Crippen LogP) is 2.84. The van der Waals surface area contributed by atoms with Gasteiger partial charge in [0.25, 0.3) is 0 Å². The Morgan fingerprint density at radius 1 is 1.38 bits per heavy atom. The highest BCUT2D eigenvalue weighted by Crippen LogP contribution is 2.31. The molecule has 1 aromatic heterocycles. The molecule has 0 spiro atoms. The molecule has 0 aliphatic heterocycles. The minimum absolute atomic E-state index is 0.541. The monoisotopic (exact) mass is 229 g/mol. The van der Waals surface area contributed by atoms with Crippen LogP contribution in [0, 0.1) is 12.3 Å². The van der Waals surface area contributed by atoms with E-state index in [1.807, 2.05) is 30.3 Å². The quantitative estimate of drug-likeness (QED) is 0.803. The lowest BCUT2D eigenvalue weighted by Gasteiger charge is -1.98. The Labute approximate surface area is 98.6 Å². The maximum Gasteiger partial charge on any atom is 0.130 e. The van der Waals surface area contributed by atoms with Gasteiger partial charge in [-0.2, -0.15) is 0 Å². The van der Waals surface area contributed by atoms with Crippen LogP contribution in [0.2, 0.25) is 0 Å². The lowest BCUT2D eigenvalue weighted by atomic mass is 10.2. The fraction of sp³-hybridized carbons (Fsp3) is 0.154. The van der Waals surface area contributed by atoms with Crippen molar-refractivity contribution in [2.24, 2.45) is 0 Å². The Bertz CT molecular complexity index is 523. The van der Waals surface area contributed by atoms with Crippen LogP contribution >= 0.6 is 11.3 Å². The molecule has 2 rings (SSSR count). The molecule has 0 radical (unpaired) electrons. The molecule has 1 unspecified atom stereocenters. The highest BCUT2D eigenvalue weighted by molar-refractivity contribution is 7.15. The van der Waals surface area contributed by atoms with Crippen molar-refractivity contribution in [3.63, 3.8) is 0 Å². The van der Waals surface area contributed by atoms with E-state index in [1.165, 1.54) is 11.3 Å². The zero-order valence-electron chi connectivity index (χ0n) is 8.84. The summed E-state index contributed by atoms with van der Waals surface area (Å²) in [5.41, 5.74) is 1.56. The summed E-state index contributed by atoms with van der Waals surface area (Å²) in [6, 6.07) is 9.81. The SMILES string of the molecule is C#Cc1nc(-c2ccccc2)sc1C(C)O. The normalized spacial score (nSPS) is 12.1. The lowest BCUT2D eigenvalue weighted by molar-refractivity contribution is 0.202. The van der Waals surface area contributed by atoms with Crippen LogP contribution in [0.4, 0.5) is 0 Å². The highest BCUT2D eigenvalue weighted by Gasteiger charge is 2.14. The van der Waals surface area contributed by atoms with E-state index in [1.54, 1.807) is 6.92 Å². The second-order valence-corrected chi connectivity index (χ2v) is 4.45. The second-order valence-electron chi connectivity index (χ2n) is 3.42. The molecule has 16 heavy (non-hydrogen) atoms. The summed E-state index contributed by atoms with van der Waals surface area (Å²) in [4.78, 5) is 5.09. The summed E-state index contributed by atoms with van der Waals surface area (Å²) >= 11 is 1.44. The summed E-state index contributed by atoms with van der Waals surface area (Å²) in [6.07, 6.45) is 4.79. The molecular weight excluding hydrogens is 218 g/mol. The molecule has 80 valence electrons. The van der Waals surface area contributed by atoms with E-state index < -0.39 is 6.10 Å². The summed E-state index contributed by atoms with van der Waals surface area (Å²) in [5.74, 6) is 2.51. The van der Waals surface area contributed by atoms with Gasteiger partial charge in [0.2, 0.25) is 0 Å². The van der Waals surface area contributed by atoms with E-state index in [0.29, 0.717) is 5.69 Å².